The second kappa shape index (κ2) is 8.45. The summed E-state index contributed by atoms with van der Waals surface area (Å²) in [5.74, 6) is 0.808. The van der Waals surface area contributed by atoms with Gasteiger partial charge in [0.1, 0.15) is 5.82 Å². The van der Waals surface area contributed by atoms with E-state index >= 15 is 0 Å². The number of nitrogens with zero attached hydrogens (tertiary/aromatic N) is 3. The molecule has 1 saturated heterocycles. The number of halogens is 4. The van der Waals surface area contributed by atoms with E-state index in [9.17, 15) is 0 Å². The molecule has 3 rings (SSSR count). The van der Waals surface area contributed by atoms with Crippen LogP contribution in [-0.4, -0.2) is 41.0 Å². The Kier molecular flexibility index (Phi) is 6.50. The number of aromatic nitrogens is 2. The molecule has 1 aromatic heterocycles. The summed E-state index contributed by atoms with van der Waals surface area (Å²) < 4.78 is -1.68. The summed E-state index contributed by atoms with van der Waals surface area (Å²) >= 11 is 24.0. The van der Waals surface area contributed by atoms with Crippen molar-refractivity contribution in [3.63, 3.8) is 0 Å². The Hall–Kier alpha value is -0.520. The SMILES string of the molecule is Clc1ccc2c(NCCN3CCCCCC3)nc(C(Cl)(Cl)Cl)nc2c1. The Balaban J connectivity index is 1.79. The summed E-state index contributed by atoms with van der Waals surface area (Å²) in [4.78, 5) is 11.2. The molecule has 1 N–H and O–H groups in total. The van der Waals surface area contributed by atoms with Gasteiger partial charge in [0.25, 0.3) is 0 Å². The first kappa shape index (κ1) is 19.2. The lowest BCUT2D eigenvalue weighted by atomic mass is 10.2. The van der Waals surface area contributed by atoms with E-state index in [1.807, 2.05) is 12.1 Å². The molecule has 0 spiro atoms. The molecule has 1 aromatic carbocycles. The van der Waals surface area contributed by atoms with Crippen LogP contribution >= 0.6 is 46.4 Å². The standard InChI is InChI=1S/C17H20Cl4N4/c18-12-5-6-13-14(11-12)23-16(17(19,20)21)24-15(13)22-7-10-25-8-3-1-2-4-9-25/h5-6,11H,1-4,7-10H2,(H,22,23,24). The summed E-state index contributed by atoms with van der Waals surface area (Å²) in [5.41, 5.74) is 0.654. The molecule has 4 nitrogen and oxygen atoms in total. The fraction of sp³-hybridized carbons (Fsp3) is 0.529. The van der Waals surface area contributed by atoms with Gasteiger partial charge < -0.3 is 10.2 Å². The number of fused-ring (bicyclic) bond motifs is 1. The largest absolute Gasteiger partial charge is 0.368 e. The lowest BCUT2D eigenvalue weighted by Gasteiger charge is -2.20. The van der Waals surface area contributed by atoms with Crippen LogP contribution in [0.15, 0.2) is 18.2 Å². The van der Waals surface area contributed by atoms with Gasteiger partial charge in [0.05, 0.1) is 5.52 Å². The van der Waals surface area contributed by atoms with Gasteiger partial charge in [-0.1, -0.05) is 59.2 Å². The topological polar surface area (TPSA) is 41.0 Å². The number of likely N-dealkylation sites (tertiary alicyclic amines) is 1. The highest BCUT2D eigenvalue weighted by atomic mass is 35.6. The van der Waals surface area contributed by atoms with Crippen molar-refractivity contribution in [1.82, 2.24) is 14.9 Å². The molecule has 1 aliphatic heterocycles. The Morgan fingerprint density at radius 1 is 1.04 bits per heavy atom. The van der Waals surface area contributed by atoms with E-state index in [1.54, 1.807) is 6.07 Å². The van der Waals surface area contributed by atoms with Crippen LogP contribution in [0.1, 0.15) is 31.5 Å². The van der Waals surface area contributed by atoms with Crippen molar-refractivity contribution < 1.29 is 0 Å². The van der Waals surface area contributed by atoms with Crippen molar-refractivity contribution in [2.24, 2.45) is 0 Å². The first-order valence-corrected chi connectivity index (χ1v) is 9.95. The van der Waals surface area contributed by atoms with Crippen LogP contribution in [-0.2, 0) is 3.79 Å². The van der Waals surface area contributed by atoms with E-state index in [2.05, 4.69) is 20.2 Å². The number of hydrogen-bond donors (Lipinski definition) is 1. The predicted octanol–water partition coefficient (Wildman–Crippen LogP) is 5.40. The smallest absolute Gasteiger partial charge is 0.250 e. The molecule has 0 bridgehead atoms. The van der Waals surface area contributed by atoms with Gasteiger partial charge in [-0.25, -0.2) is 9.97 Å². The lowest BCUT2D eigenvalue weighted by molar-refractivity contribution is 0.296. The number of rotatable bonds is 4. The monoisotopic (exact) mass is 420 g/mol. The minimum Gasteiger partial charge on any atom is -0.368 e. The van der Waals surface area contributed by atoms with Crippen LogP contribution < -0.4 is 5.32 Å². The fourth-order valence-corrected chi connectivity index (χ4v) is 3.48. The quantitative estimate of drug-likeness (QED) is 0.671. The van der Waals surface area contributed by atoms with Crippen molar-refractivity contribution in [1.29, 1.82) is 0 Å². The second-order valence-corrected chi connectivity index (χ2v) is 8.96. The van der Waals surface area contributed by atoms with E-state index in [0.717, 1.165) is 31.6 Å². The van der Waals surface area contributed by atoms with Crippen LogP contribution in [0, 0.1) is 0 Å². The molecule has 0 amide bonds. The summed E-state index contributed by atoms with van der Waals surface area (Å²) in [5, 5.41) is 4.82. The van der Waals surface area contributed by atoms with Crippen LogP contribution in [0.2, 0.25) is 5.02 Å². The van der Waals surface area contributed by atoms with E-state index in [1.165, 1.54) is 25.7 Å². The molecule has 2 heterocycles. The molecule has 0 unspecified atom stereocenters. The van der Waals surface area contributed by atoms with Crippen molar-refractivity contribution >= 4 is 63.1 Å². The number of benzene rings is 1. The normalized spacial score (nSPS) is 16.8. The van der Waals surface area contributed by atoms with E-state index in [0.29, 0.717) is 16.4 Å². The molecule has 0 saturated carbocycles. The van der Waals surface area contributed by atoms with Gasteiger partial charge in [-0.05, 0) is 44.1 Å². The van der Waals surface area contributed by atoms with Crippen LogP contribution in [0.4, 0.5) is 5.82 Å². The molecule has 0 radical (unpaired) electrons. The molecule has 25 heavy (non-hydrogen) atoms. The Morgan fingerprint density at radius 3 is 2.44 bits per heavy atom. The maximum Gasteiger partial charge on any atom is 0.250 e. The first-order valence-electron chi connectivity index (χ1n) is 8.44. The molecule has 0 aliphatic carbocycles. The predicted molar refractivity (Wildman–Crippen MR) is 107 cm³/mol. The Labute approximate surface area is 167 Å². The summed E-state index contributed by atoms with van der Waals surface area (Å²) in [6.07, 6.45) is 5.19. The van der Waals surface area contributed by atoms with Crippen molar-refractivity contribution in [2.75, 3.05) is 31.5 Å². The minimum atomic E-state index is -1.68. The van der Waals surface area contributed by atoms with Gasteiger partial charge >= 0.3 is 0 Å². The third-order valence-electron chi connectivity index (χ3n) is 4.33. The summed E-state index contributed by atoms with van der Waals surface area (Å²) in [6, 6.07) is 5.44. The molecular weight excluding hydrogens is 402 g/mol. The van der Waals surface area contributed by atoms with Gasteiger partial charge in [-0.3, -0.25) is 0 Å². The third-order valence-corrected chi connectivity index (χ3v) is 5.07. The molecule has 2 aromatic rings. The zero-order valence-corrected chi connectivity index (χ0v) is 16.8. The number of anilines is 1. The average Bonchev–Trinajstić information content (AvgIpc) is 2.82. The average molecular weight is 422 g/mol. The lowest BCUT2D eigenvalue weighted by Crippen LogP contribution is -2.30. The van der Waals surface area contributed by atoms with Crippen molar-refractivity contribution in [2.45, 2.75) is 29.5 Å². The third kappa shape index (κ3) is 5.24. The van der Waals surface area contributed by atoms with E-state index in [-0.39, 0.29) is 5.82 Å². The van der Waals surface area contributed by atoms with Crippen LogP contribution in [0.25, 0.3) is 10.9 Å². The molecule has 136 valence electrons. The molecule has 1 aliphatic rings. The summed E-state index contributed by atoms with van der Waals surface area (Å²) in [7, 11) is 0. The fourth-order valence-electron chi connectivity index (χ4n) is 3.06. The second-order valence-electron chi connectivity index (χ2n) is 6.24. The highest BCUT2D eigenvalue weighted by molar-refractivity contribution is 6.66. The Bertz CT molecular complexity index is 724. The highest BCUT2D eigenvalue weighted by Gasteiger charge is 2.28. The van der Waals surface area contributed by atoms with Crippen LogP contribution in [0.5, 0.6) is 0 Å². The van der Waals surface area contributed by atoms with Crippen molar-refractivity contribution in [3.8, 4) is 0 Å². The number of alkyl halides is 3. The minimum absolute atomic E-state index is 0.143. The Morgan fingerprint density at radius 2 is 1.76 bits per heavy atom. The maximum absolute atomic E-state index is 6.07. The van der Waals surface area contributed by atoms with Gasteiger partial charge in [-0.15, -0.1) is 0 Å². The van der Waals surface area contributed by atoms with Gasteiger partial charge in [0, 0.05) is 23.5 Å². The first-order chi connectivity index (χ1) is 11.9. The molecule has 0 atom stereocenters. The summed E-state index contributed by atoms with van der Waals surface area (Å²) in [6.45, 7) is 4.04. The van der Waals surface area contributed by atoms with Gasteiger partial charge in [0.2, 0.25) is 3.79 Å². The van der Waals surface area contributed by atoms with Gasteiger partial charge in [-0.2, -0.15) is 0 Å². The highest BCUT2D eigenvalue weighted by Crippen LogP contribution is 2.37. The van der Waals surface area contributed by atoms with Gasteiger partial charge in [0.15, 0.2) is 5.82 Å². The van der Waals surface area contributed by atoms with E-state index < -0.39 is 3.79 Å². The van der Waals surface area contributed by atoms with E-state index in [4.69, 9.17) is 46.4 Å². The number of hydrogen-bond acceptors (Lipinski definition) is 4. The maximum atomic E-state index is 6.07. The molecule has 8 heteroatoms. The molecule has 1 fully saturated rings. The molecular formula is C17H20Cl4N4. The zero-order valence-electron chi connectivity index (χ0n) is 13.7. The van der Waals surface area contributed by atoms with Crippen molar-refractivity contribution in [3.05, 3.63) is 29.0 Å². The zero-order chi connectivity index (χ0) is 17.9. The number of nitrogens with one attached hydrogen (secondary N) is 1. The van der Waals surface area contributed by atoms with Crippen LogP contribution in [0.3, 0.4) is 0 Å².